The number of carbonyl (C=O) groups is 4. The van der Waals surface area contributed by atoms with Crippen molar-refractivity contribution < 1.29 is 29.4 Å². The van der Waals surface area contributed by atoms with E-state index in [1.54, 1.807) is 20.8 Å². The molecule has 4 rings (SSSR count). The first-order chi connectivity index (χ1) is 14.1. The van der Waals surface area contributed by atoms with Crippen molar-refractivity contribution in [3.8, 4) is 11.5 Å². The molecule has 0 radical (unpaired) electrons. The third-order valence-electron chi connectivity index (χ3n) is 5.54. The van der Waals surface area contributed by atoms with E-state index >= 15 is 0 Å². The molecule has 0 saturated carbocycles. The van der Waals surface area contributed by atoms with Crippen LogP contribution in [0.25, 0.3) is 0 Å². The van der Waals surface area contributed by atoms with E-state index in [9.17, 15) is 29.4 Å². The minimum absolute atomic E-state index is 0.00843. The van der Waals surface area contributed by atoms with Gasteiger partial charge in [0.25, 0.3) is 0 Å². The fourth-order valence-corrected chi connectivity index (χ4v) is 4.07. The molecule has 2 aliphatic rings. The second-order valence-electron chi connectivity index (χ2n) is 7.72. The zero-order valence-electron chi connectivity index (χ0n) is 16.6. The minimum Gasteiger partial charge on any atom is -0.507 e. The van der Waals surface area contributed by atoms with Crippen LogP contribution < -0.4 is 0 Å². The van der Waals surface area contributed by atoms with Gasteiger partial charge in [0.2, 0.25) is 0 Å². The molecule has 0 saturated heterocycles. The van der Waals surface area contributed by atoms with Gasteiger partial charge >= 0.3 is 0 Å². The monoisotopic (exact) mass is 402 g/mol. The number of rotatable bonds is 2. The predicted molar refractivity (Wildman–Crippen MR) is 108 cm³/mol. The van der Waals surface area contributed by atoms with E-state index in [1.807, 2.05) is 0 Å². The minimum atomic E-state index is -0.888. The molecule has 2 N–H and O–H groups in total. The number of phenolic OH excluding ortho intramolecular Hbond substituents is 2. The SMILES string of the molecule is Cc1cc(O)c2c(c1)C(=O)C=C(C(C)C1=CC(=O)c3cc(C)cc(O)c3C1=O)C2=O. The fraction of sp³-hybridized carbons (Fsp3) is 0.167. The molecular weight excluding hydrogens is 384 g/mol. The van der Waals surface area contributed by atoms with Crippen LogP contribution in [0.4, 0.5) is 0 Å². The number of fused-ring (bicyclic) bond motifs is 2. The molecule has 2 aromatic rings. The van der Waals surface area contributed by atoms with Crippen molar-refractivity contribution in [1.82, 2.24) is 0 Å². The van der Waals surface area contributed by atoms with Crippen molar-refractivity contribution in [2.75, 3.05) is 0 Å². The van der Waals surface area contributed by atoms with E-state index in [0.29, 0.717) is 11.1 Å². The maximum atomic E-state index is 13.1. The van der Waals surface area contributed by atoms with E-state index in [0.717, 1.165) is 12.2 Å². The van der Waals surface area contributed by atoms with Crippen LogP contribution in [0.2, 0.25) is 0 Å². The smallest absolute Gasteiger partial charge is 0.194 e. The predicted octanol–water partition coefficient (Wildman–Crippen LogP) is 3.66. The topological polar surface area (TPSA) is 109 Å². The van der Waals surface area contributed by atoms with E-state index in [1.165, 1.54) is 24.3 Å². The Bertz CT molecular complexity index is 1160. The maximum absolute atomic E-state index is 13.1. The molecule has 0 fully saturated rings. The fourth-order valence-electron chi connectivity index (χ4n) is 4.07. The van der Waals surface area contributed by atoms with Gasteiger partial charge < -0.3 is 10.2 Å². The van der Waals surface area contributed by atoms with Crippen molar-refractivity contribution in [1.29, 1.82) is 0 Å². The van der Waals surface area contributed by atoms with Crippen molar-refractivity contribution in [3.05, 3.63) is 80.9 Å². The quantitative estimate of drug-likeness (QED) is 0.794. The Morgan fingerprint density at radius 1 is 0.667 bits per heavy atom. The van der Waals surface area contributed by atoms with Gasteiger partial charge in [-0.2, -0.15) is 0 Å². The number of carbonyl (C=O) groups excluding carboxylic acids is 4. The van der Waals surface area contributed by atoms with E-state index in [4.69, 9.17) is 0 Å². The first-order valence-electron chi connectivity index (χ1n) is 9.38. The van der Waals surface area contributed by atoms with Crippen LogP contribution in [0.1, 0.15) is 59.5 Å². The number of aryl methyl sites for hydroxylation is 2. The van der Waals surface area contributed by atoms with Crippen molar-refractivity contribution >= 4 is 23.1 Å². The molecule has 2 aliphatic carbocycles. The van der Waals surface area contributed by atoms with Crippen LogP contribution >= 0.6 is 0 Å². The number of hydrogen-bond donors (Lipinski definition) is 2. The lowest BCUT2D eigenvalue weighted by Crippen LogP contribution is -2.27. The number of aromatic hydroxyl groups is 2. The zero-order valence-corrected chi connectivity index (χ0v) is 16.6. The molecule has 6 nitrogen and oxygen atoms in total. The molecule has 0 heterocycles. The molecule has 0 aliphatic heterocycles. The summed E-state index contributed by atoms with van der Waals surface area (Å²) in [5.74, 6) is -3.57. The normalized spacial score (nSPS) is 15.7. The van der Waals surface area contributed by atoms with E-state index in [2.05, 4.69) is 0 Å². The molecule has 6 heteroatoms. The van der Waals surface area contributed by atoms with Crippen LogP contribution in [0.15, 0.2) is 47.6 Å². The standard InChI is InChI=1S/C24H18O6/c1-10-4-15-17(25)8-13(23(29)21(15)19(27)6-10)12(3)14-9-18(26)16-5-11(2)7-20(28)22(16)24(14)30/h4-9,12,27-28H,1-3H3. The summed E-state index contributed by atoms with van der Waals surface area (Å²) in [6.45, 7) is 4.94. The van der Waals surface area contributed by atoms with Crippen LogP contribution in [-0.4, -0.2) is 33.3 Å². The number of hydrogen-bond acceptors (Lipinski definition) is 6. The van der Waals surface area contributed by atoms with Crippen molar-refractivity contribution in [2.45, 2.75) is 20.8 Å². The van der Waals surface area contributed by atoms with Gasteiger partial charge in [-0.05, 0) is 61.4 Å². The second-order valence-corrected chi connectivity index (χ2v) is 7.72. The lowest BCUT2D eigenvalue weighted by molar-refractivity contribution is 0.0958. The largest absolute Gasteiger partial charge is 0.507 e. The second kappa shape index (κ2) is 6.62. The van der Waals surface area contributed by atoms with Crippen LogP contribution in [0.3, 0.4) is 0 Å². The molecule has 0 amide bonds. The summed E-state index contributed by atoms with van der Waals surface area (Å²) < 4.78 is 0. The number of allylic oxidation sites excluding steroid dienone is 4. The van der Waals surface area contributed by atoms with Gasteiger partial charge in [0.15, 0.2) is 23.1 Å². The Morgan fingerprint density at radius 2 is 1.03 bits per heavy atom. The Morgan fingerprint density at radius 3 is 1.40 bits per heavy atom. The van der Waals surface area contributed by atoms with Crippen LogP contribution in [-0.2, 0) is 0 Å². The number of ketones is 4. The van der Waals surface area contributed by atoms with Gasteiger partial charge in [-0.1, -0.05) is 6.92 Å². The Hall–Kier alpha value is -3.80. The molecule has 0 unspecified atom stereocenters. The van der Waals surface area contributed by atoms with Gasteiger partial charge in [-0.3, -0.25) is 19.2 Å². The Balaban J connectivity index is 1.80. The highest BCUT2D eigenvalue weighted by molar-refractivity contribution is 6.29. The first kappa shape index (κ1) is 19.5. The molecule has 0 aromatic heterocycles. The summed E-state index contributed by atoms with van der Waals surface area (Å²) >= 11 is 0. The highest BCUT2D eigenvalue weighted by atomic mass is 16.3. The number of phenols is 2. The van der Waals surface area contributed by atoms with E-state index in [-0.39, 0.29) is 44.9 Å². The van der Waals surface area contributed by atoms with Gasteiger partial charge in [0.1, 0.15) is 11.5 Å². The molecule has 0 spiro atoms. The number of benzene rings is 2. The average Bonchev–Trinajstić information content (AvgIpc) is 2.65. The van der Waals surface area contributed by atoms with E-state index < -0.39 is 29.1 Å². The molecular formula is C24H18O6. The lowest BCUT2D eigenvalue weighted by atomic mass is 9.76. The van der Waals surface area contributed by atoms with Gasteiger partial charge in [-0.25, -0.2) is 0 Å². The summed E-state index contributed by atoms with van der Waals surface area (Å²) in [6.07, 6.45) is 2.30. The van der Waals surface area contributed by atoms with Crippen LogP contribution in [0.5, 0.6) is 11.5 Å². The average molecular weight is 402 g/mol. The maximum Gasteiger partial charge on any atom is 0.194 e. The molecule has 0 bridgehead atoms. The summed E-state index contributed by atoms with van der Waals surface area (Å²) in [4.78, 5) is 51.4. The third-order valence-corrected chi connectivity index (χ3v) is 5.54. The van der Waals surface area contributed by atoms with Crippen LogP contribution in [0, 0.1) is 19.8 Å². The molecule has 150 valence electrons. The highest BCUT2D eigenvalue weighted by Crippen LogP contribution is 2.38. The summed E-state index contributed by atoms with van der Waals surface area (Å²) in [6, 6.07) is 5.84. The van der Waals surface area contributed by atoms with Gasteiger partial charge in [-0.15, -0.1) is 0 Å². The lowest BCUT2D eigenvalue weighted by Gasteiger charge is -2.25. The van der Waals surface area contributed by atoms with Crippen molar-refractivity contribution in [3.63, 3.8) is 0 Å². The first-order valence-corrected chi connectivity index (χ1v) is 9.38. The van der Waals surface area contributed by atoms with Gasteiger partial charge in [0.05, 0.1) is 11.1 Å². The molecule has 2 aromatic carbocycles. The Labute approximate surface area is 172 Å². The third kappa shape index (κ3) is 2.80. The molecule has 30 heavy (non-hydrogen) atoms. The zero-order chi connectivity index (χ0) is 21.9. The molecule has 0 atom stereocenters. The van der Waals surface area contributed by atoms with Gasteiger partial charge in [0, 0.05) is 28.2 Å². The number of Topliss-reactive ketones (excluding diaryl/α,β-unsaturated/α-hetero) is 2. The summed E-state index contributed by atoms with van der Waals surface area (Å²) in [5, 5.41) is 20.5. The van der Waals surface area contributed by atoms with Crippen molar-refractivity contribution in [2.24, 2.45) is 5.92 Å². The summed E-state index contributed by atoms with van der Waals surface area (Å²) in [5.41, 5.74) is 1.28. The Kier molecular flexibility index (Phi) is 4.31. The summed E-state index contributed by atoms with van der Waals surface area (Å²) in [7, 11) is 0. The highest BCUT2D eigenvalue weighted by Gasteiger charge is 2.37.